The first-order valence-electron chi connectivity index (χ1n) is 4.11. The highest BCUT2D eigenvalue weighted by molar-refractivity contribution is 5.37. The van der Waals surface area contributed by atoms with E-state index in [2.05, 4.69) is 21.9 Å². The topological polar surface area (TPSA) is 69.0 Å². The van der Waals surface area contributed by atoms with Gasteiger partial charge in [0.25, 0.3) is 0 Å². The second-order valence-corrected chi connectivity index (χ2v) is 2.55. The van der Waals surface area contributed by atoms with Crippen LogP contribution in [0.1, 0.15) is 12.0 Å². The van der Waals surface area contributed by atoms with Gasteiger partial charge in [-0.3, -0.25) is 0 Å². The lowest BCUT2D eigenvalue weighted by molar-refractivity contribution is 0.475. The molecule has 0 bridgehead atoms. The van der Waals surface area contributed by atoms with Gasteiger partial charge in [-0.15, -0.1) is 0 Å². The van der Waals surface area contributed by atoms with Crippen molar-refractivity contribution in [3.8, 4) is 17.6 Å². The number of phenols is 1. The summed E-state index contributed by atoms with van der Waals surface area (Å²) in [6.45, 7) is 0.390. The molecule has 0 saturated carbocycles. The fourth-order valence-electron chi connectivity index (χ4n) is 0.860. The summed E-state index contributed by atoms with van der Waals surface area (Å²) in [5.41, 5.74) is 8.83. The van der Waals surface area contributed by atoms with E-state index in [4.69, 9.17) is 10.6 Å². The standard InChI is InChI=1S/C10H9N3O/c11-13-12-8-2-1-3-9-4-6-10(14)7-5-9/h4-7,14H,2,8H2. The highest BCUT2D eigenvalue weighted by Gasteiger charge is 1.86. The highest BCUT2D eigenvalue weighted by Crippen LogP contribution is 2.08. The van der Waals surface area contributed by atoms with Crippen molar-refractivity contribution in [2.24, 2.45) is 5.11 Å². The quantitative estimate of drug-likeness (QED) is 0.249. The molecule has 0 aliphatic carbocycles. The zero-order chi connectivity index (χ0) is 10.2. The van der Waals surface area contributed by atoms with Crippen molar-refractivity contribution in [1.29, 1.82) is 0 Å². The van der Waals surface area contributed by atoms with Crippen LogP contribution >= 0.6 is 0 Å². The van der Waals surface area contributed by atoms with E-state index >= 15 is 0 Å². The fraction of sp³-hybridized carbons (Fsp3) is 0.200. The van der Waals surface area contributed by atoms with Crippen LogP contribution in [0, 0.1) is 11.8 Å². The summed E-state index contributed by atoms with van der Waals surface area (Å²) >= 11 is 0. The number of hydrogen-bond donors (Lipinski definition) is 1. The van der Waals surface area contributed by atoms with Gasteiger partial charge in [-0.25, -0.2) is 0 Å². The van der Waals surface area contributed by atoms with Crippen molar-refractivity contribution in [2.75, 3.05) is 6.54 Å². The smallest absolute Gasteiger partial charge is 0.115 e. The first-order chi connectivity index (χ1) is 6.83. The monoisotopic (exact) mass is 187 g/mol. The van der Waals surface area contributed by atoms with E-state index in [1.165, 1.54) is 0 Å². The molecule has 0 aliphatic heterocycles. The molecule has 14 heavy (non-hydrogen) atoms. The molecule has 4 nitrogen and oxygen atoms in total. The molecule has 1 rings (SSSR count). The lowest BCUT2D eigenvalue weighted by Crippen LogP contribution is -1.75. The van der Waals surface area contributed by atoms with Crippen molar-refractivity contribution >= 4 is 0 Å². The van der Waals surface area contributed by atoms with Crippen LogP contribution in [0.3, 0.4) is 0 Å². The number of phenolic OH excluding ortho intramolecular Hbond substituents is 1. The first-order valence-corrected chi connectivity index (χ1v) is 4.11. The summed E-state index contributed by atoms with van der Waals surface area (Å²) in [5.74, 6) is 5.97. The Labute approximate surface area is 81.8 Å². The Bertz CT molecular complexity index is 394. The van der Waals surface area contributed by atoms with Crippen molar-refractivity contribution in [3.05, 3.63) is 40.3 Å². The minimum absolute atomic E-state index is 0.227. The SMILES string of the molecule is [N-]=[N+]=NCCC#Cc1ccc(O)cc1. The largest absolute Gasteiger partial charge is 0.508 e. The molecule has 0 unspecified atom stereocenters. The third-order valence-electron chi connectivity index (χ3n) is 1.50. The second kappa shape index (κ2) is 5.52. The molecular formula is C10H9N3O. The number of azide groups is 1. The van der Waals surface area contributed by atoms with E-state index < -0.39 is 0 Å². The molecule has 0 aliphatic rings. The average Bonchev–Trinajstić information content (AvgIpc) is 2.21. The maximum atomic E-state index is 8.99. The van der Waals surface area contributed by atoms with Gasteiger partial charge in [-0.05, 0) is 29.8 Å². The van der Waals surface area contributed by atoms with Gasteiger partial charge >= 0.3 is 0 Å². The molecule has 0 fully saturated rings. The van der Waals surface area contributed by atoms with Crippen molar-refractivity contribution in [2.45, 2.75) is 6.42 Å². The number of rotatable bonds is 2. The molecule has 0 heterocycles. The maximum absolute atomic E-state index is 8.99. The van der Waals surface area contributed by atoms with Gasteiger partial charge in [-0.2, -0.15) is 0 Å². The van der Waals surface area contributed by atoms with E-state index in [1.54, 1.807) is 24.3 Å². The van der Waals surface area contributed by atoms with Gasteiger partial charge in [0.05, 0.1) is 0 Å². The molecule has 0 atom stereocenters. The Morgan fingerprint density at radius 3 is 2.71 bits per heavy atom. The molecule has 0 radical (unpaired) electrons. The van der Waals surface area contributed by atoms with Crippen LogP contribution < -0.4 is 0 Å². The van der Waals surface area contributed by atoms with Gasteiger partial charge in [0.2, 0.25) is 0 Å². The van der Waals surface area contributed by atoms with E-state index in [0.29, 0.717) is 13.0 Å². The number of benzene rings is 1. The molecule has 4 heteroatoms. The minimum atomic E-state index is 0.227. The number of hydrogen-bond acceptors (Lipinski definition) is 2. The van der Waals surface area contributed by atoms with Crippen molar-refractivity contribution < 1.29 is 5.11 Å². The van der Waals surface area contributed by atoms with Gasteiger partial charge in [0.1, 0.15) is 5.75 Å². The Morgan fingerprint density at radius 1 is 1.36 bits per heavy atom. The summed E-state index contributed by atoms with van der Waals surface area (Å²) in [7, 11) is 0. The van der Waals surface area contributed by atoms with Crippen LogP contribution in [0.5, 0.6) is 5.75 Å². The minimum Gasteiger partial charge on any atom is -0.508 e. The Morgan fingerprint density at radius 2 is 2.07 bits per heavy atom. The number of aromatic hydroxyl groups is 1. The highest BCUT2D eigenvalue weighted by atomic mass is 16.3. The van der Waals surface area contributed by atoms with E-state index in [9.17, 15) is 0 Å². The lowest BCUT2D eigenvalue weighted by Gasteiger charge is -1.90. The summed E-state index contributed by atoms with van der Waals surface area (Å²) < 4.78 is 0. The van der Waals surface area contributed by atoms with Gasteiger partial charge in [0.15, 0.2) is 0 Å². The summed E-state index contributed by atoms with van der Waals surface area (Å²) in [6.07, 6.45) is 0.547. The molecule has 1 aromatic rings. The molecule has 1 N–H and O–H groups in total. The normalized spacial score (nSPS) is 8.29. The Balaban J connectivity index is 2.51. The van der Waals surface area contributed by atoms with E-state index in [0.717, 1.165) is 5.56 Å². The van der Waals surface area contributed by atoms with Gasteiger partial charge in [0, 0.05) is 23.4 Å². The zero-order valence-electron chi connectivity index (χ0n) is 7.51. The van der Waals surface area contributed by atoms with Crippen LogP contribution in [0.15, 0.2) is 29.4 Å². The van der Waals surface area contributed by atoms with Crippen molar-refractivity contribution in [3.63, 3.8) is 0 Å². The van der Waals surface area contributed by atoms with Crippen LogP contribution in [0.2, 0.25) is 0 Å². The third-order valence-corrected chi connectivity index (χ3v) is 1.50. The molecule has 0 aromatic heterocycles. The average molecular weight is 187 g/mol. The van der Waals surface area contributed by atoms with E-state index in [-0.39, 0.29) is 5.75 Å². The van der Waals surface area contributed by atoms with Crippen molar-refractivity contribution in [1.82, 2.24) is 0 Å². The Kier molecular flexibility index (Phi) is 3.93. The molecule has 0 saturated heterocycles. The summed E-state index contributed by atoms with van der Waals surface area (Å²) in [4.78, 5) is 2.62. The summed E-state index contributed by atoms with van der Waals surface area (Å²) in [5, 5.41) is 12.4. The molecule has 0 spiro atoms. The lowest BCUT2D eigenvalue weighted by atomic mass is 10.2. The fourth-order valence-corrected chi connectivity index (χ4v) is 0.860. The van der Waals surface area contributed by atoms with Crippen LogP contribution in [-0.2, 0) is 0 Å². The zero-order valence-corrected chi connectivity index (χ0v) is 7.51. The predicted molar refractivity (Wildman–Crippen MR) is 53.6 cm³/mol. The van der Waals surface area contributed by atoms with Gasteiger partial charge < -0.3 is 5.11 Å². The molecule has 70 valence electrons. The molecule has 1 aromatic carbocycles. The first kappa shape index (κ1) is 9.97. The van der Waals surface area contributed by atoms with E-state index in [1.807, 2.05) is 0 Å². The van der Waals surface area contributed by atoms with Gasteiger partial charge in [-0.1, -0.05) is 17.0 Å². The second-order valence-electron chi connectivity index (χ2n) is 2.55. The maximum Gasteiger partial charge on any atom is 0.115 e. The van der Waals surface area contributed by atoms with Crippen LogP contribution in [0.25, 0.3) is 10.4 Å². The third kappa shape index (κ3) is 3.53. The molecule has 0 amide bonds. The predicted octanol–water partition coefficient (Wildman–Crippen LogP) is 2.44. The van der Waals surface area contributed by atoms with Crippen LogP contribution in [0.4, 0.5) is 0 Å². The Hall–Kier alpha value is -2.11. The number of nitrogens with zero attached hydrogens (tertiary/aromatic N) is 3. The summed E-state index contributed by atoms with van der Waals surface area (Å²) in [6, 6.07) is 6.63. The van der Waals surface area contributed by atoms with Crippen LogP contribution in [-0.4, -0.2) is 11.7 Å². The molecular weight excluding hydrogens is 178 g/mol.